The summed E-state index contributed by atoms with van der Waals surface area (Å²) in [5.74, 6) is -0.900. The monoisotopic (exact) mass is 718 g/mol. The van der Waals surface area contributed by atoms with E-state index in [9.17, 15) is 34.6 Å². The van der Waals surface area contributed by atoms with Crippen molar-refractivity contribution in [2.75, 3.05) is 26.9 Å². The number of nitro benzene ring substituents is 2. The van der Waals surface area contributed by atoms with E-state index in [1.54, 1.807) is 57.2 Å². The summed E-state index contributed by atoms with van der Waals surface area (Å²) in [7, 11) is 1.23. The van der Waals surface area contributed by atoms with Gasteiger partial charge in [-0.15, -0.1) is 0 Å². The van der Waals surface area contributed by atoms with Gasteiger partial charge in [0.2, 0.25) is 5.75 Å². The molecule has 0 amide bonds. The molecular formula is C34H30N4O12S. The summed E-state index contributed by atoms with van der Waals surface area (Å²) in [6.45, 7) is 4.99. The lowest BCUT2D eigenvalue weighted by atomic mass is 9.95. The van der Waals surface area contributed by atoms with Crippen molar-refractivity contribution in [2.24, 2.45) is 4.99 Å². The normalized spacial score (nSPS) is 13.9. The van der Waals surface area contributed by atoms with Crippen LogP contribution in [0.2, 0.25) is 0 Å². The smallest absolute Gasteiger partial charge is 0.343 e. The van der Waals surface area contributed by atoms with Gasteiger partial charge in [-0.25, -0.2) is 14.6 Å². The highest BCUT2D eigenvalue weighted by atomic mass is 32.1. The predicted octanol–water partition coefficient (Wildman–Crippen LogP) is 4.36. The Hall–Kier alpha value is -6.36. The molecule has 5 rings (SSSR count). The number of non-ortho nitro benzene ring substituents is 1. The molecule has 1 atom stereocenters. The average Bonchev–Trinajstić information content (AvgIpc) is 3.41. The van der Waals surface area contributed by atoms with Crippen LogP contribution in [-0.2, 0) is 19.1 Å². The average molecular weight is 719 g/mol. The van der Waals surface area contributed by atoms with Crippen LogP contribution in [0, 0.1) is 20.2 Å². The number of para-hydroxylation sites is 1. The SMILES string of the molecule is CCOC(=O)C1=C(C)N=c2s/c(=C\c3ccccc3Oc3ccc([N+](=O)[O-])cc3[N+](=O)[O-])c(=O)n2[C@@H]1c1ccc(OCC(=O)OC)c(OCC)c1. The van der Waals surface area contributed by atoms with Crippen molar-refractivity contribution in [3.8, 4) is 23.0 Å². The second kappa shape index (κ2) is 15.5. The Morgan fingerprint density at radius 2 is 1.69 bits per heavy atom. The van der Waals surface area contributed by atoms with Gasteiger partial charge in [-0.3, -0.25) is 29.6 Å². The number of nitro groups is 2. The van der Waals surface area contributed by atoms with Crippen molar-refractivity contribution in [1.82, 2.24) is 4.57 Å². The zero-order chi connectivity index (χ0) is 36.8. The van der Waals surface area contributed by atoms with E-state index in [0.717, 1.165) is 29.5 Å². The third-order valence-electron chi connectivity index (χ3n) is 7.45. The highest BCUT2D eigenvalue weighted by Crippen LogP contribution is 2.38. The third-order valence-corrected chi connectivity index (χ3v) is 8.43. The van der Waals surface area contributed by atoms with Gasteiger partial charge in [-0.2, -0.15) is 0 Å². The van der Waals surface area contributed by atoms with Crippen LogP contribution >= 0.6 is 11.3 Å². The summed E-state index contributed by atoms with van der Waals surface area (Å²) < 4.78 is 28.9. The first-order chi connectivity index (χ1) is 24.5. The standard InChI is InChI=1S/C34H30N4O12S/c1-5-47-27-15-21(11-13-26(27)49-18-29(39)46-4)31-30(33(41)48-6-2)19(3)35-34-36(31)32(40)28(51-34)16-20-9-7-8-10-24(20)50-25-14-12-22(37(42)43)17-23(25)38(44)45/h7-17,31H,5-6,18H2,1-4H3/b28-16-/t31-/m1/s1. The lowest BCUT2D eigenvalue weighted by Crippen LogP contribution is -2.40. The molecule has 0 aliphatic carbocycles. The number of carbonyl (C=O) groups excluding carboxylic acids is 2. The highest BCUT2D eigenvalue weighted by Gasteiger charge is 2.34. The van der Waals surface area contributed by atoms with Gasteiger partial charge in [0.1, 0.15) is 5.75 Å². The summed E-state index contributed by atoms with van der Waals surface area (Å²) in [6.07, 6.45) is 1.52. The van der Waals surface area contributed by atoms with Crippen LogP contribution in [0.25, 0.3) is 6.08 Å². The van der Waals surface area contributed by atoms with Crippen LogP contribution in [0.3, 0.4) is 0 Å². The van der Waals surface area contributed by atoms with Gasteiger partial charge in [-0.1, -0.05) is 35.6 Å². The number of aromatic nitrogens is 1. The lowest BCUT2D eigenvalue weighted by molar-refractivity contribution is -0.394. The molecule has 1 aliphatic rings. The van der Waals surface area contributed by atoms with E-state index >= 15 is 0 Å². The van der Waals surface area contributed by atoms with Crippen LogP contribution in [0.15, 0.2) is 81.7 Å². The fourth-order valence-electron chi connectivity index (χ4n) is 5.19. The summed E-state index contributed by atoms with van der Waals surface area (Å²) in [6, 6.07) is 13.2. The van der Waals surface area contributed by atoms with Gasteiger partial charge in [-0.05, 0) is 56.7 Å². The van der Waals surface area contributed by atoms with Crippen molar-refractivity contribution in [1.29, 1.82) is 0 Å². The number of fused-ring (bicyclic) bond motifs is 1. The number of benzene rings is 3. The van der Waals surface area contributed by atoms with E-state index in [-0.39, 0.29) is 57.7 Å². The topological polar surface area (TPSA) is 201 Å². The van der Waals surface area contributed by atoms with Gasteiger partial charge in [0, 0.05) is 11.6 Å². The highest BCUT2D eigenvalue weighted by molar-refractivity contribution is 7.07. The van der Waals surface area contributed by atoms with E-state index in [1.165, 1.54) is 23.8 Å². The lowest BCUT2D eigenvalue weighted by Gasteiger charge is -2.25. The minimum Gasteiger partial charge on any atom is -0.490 e. The van der Waals surface area contributed by atoms with E-state index < -0.39 is 44.8 Å². The molecular weight excluding hydrogens is 688 g/mol. The Kier molecular flexibility index (Phi) is 10.9. The van der Waals surface area contributed by atoms with Gasteiger partial charge in [0.25, 0.3) is 11.2 Å². The number of rotatable bonds is 13. The molecule has 4 aromatic rings. The van der Waals surface area contributed by atoms with E-state index in [1.807, 2.05) is 0 Å². The number of esters is 2. The molecule has 0 bridgehead atoms. The number of thiazole rings is 1. The number of nitrogens with zero attached hydrogens (tertiary/aromatic N) is 4. The Balaban J connectivity index is 1.64. The first-order valence-electron chi connectivity index (χ1n) is 15.3. The molecule has 16 nitrogen and oxygen atoms in total. The van der Waals surface area contributed by atoms with E-state index in [0.29, 0.717) is 16.8 Å². The molecule has 0 saturated carbocycles. The van der Waals surface area contributed by atoms with Crippen molar-refractivity contribution in [3.63, 3.8) is 0 Å². The second-order valence-electron chi connectivity index (χ2n) is 10.6. The van der Waals surface area contributed by atoms with Crippen LogP contribution in [0.4, 0.5) is 11.4 Å². The second-order valence-corrected chi connectivity index (χ2v) is 11.6. The van der Waals surface area contributed by atoms with Gasteiger partial charge >= 0.3 is 17.6 Å². The van der Waals surface area contributed by atoms with Gasteiger partial charge in [0.15, 0.2) is 22.9 Å². The molecule has 1 aromatic heterocycles. The summed E-state index contributed by atoms with van der Waals surface area (Å²) >= 11 is 1.04. The number of hydrogen-bond acceptors (Lipinski definition) is 14. The number of methoxy groups -OCH3 is 1. The van der Waals surface area contributed by atoms with Crippen molar-refractivity contribution in [2.45, 2.75) is 26.8 Å². The molecule has 51 heavy (non-hydrogen) atoms. The zero-order valence-electron chi connectivity index (χ0n) is 27.6. The molecule has 264 valence electrons. The number of carbonyl (C=O) groups is 2. The Morgan fingerprint density at radius 1 is 0.941 bits per heavy atom. The van der Waals surface area contributed by atoms with Crippen molar-refractivity contribution in [3.05, 3.63) is 123 Å². The Morgan fingerprint density at radius 3 is 2.37 bits per heavy atom. The molecule has 17 heteroatoms. The molecule has 1 aliphatic heterocycles. The van der Waals surface area contributed by atoms with Crippen molar-refractivity contribution >= 4 is 40.7 Å². The minimum absolute atomic E-state index is 0.0704. The molecule has 3 aromatic carbocycles. The van der Waals surface area contributed by atoms with E-state index in [2.05, 4.69) is 9.73 Å². The molecule has 0 unspecified atom stereocenters. The number of ether oxygens (including phenoxy) is 5. The van der Waals surface area contributed by atoms with Crippen molar-refractivity contribution < 1.29 is 43.1 Å². The summed E-state index contributed by atoms with van der Waals surface area (Å²) in [5, 5.41) is 22.9. The Labute approximate surface area is 292 Å². The minimum atomic E-state index is -1.01. The zero-order valence-corrected chi connectivity index (χ0v) is 28.5. The fraction of sp³-hybridized carbons (Fsp3) is 0.235. The number of hydrogen-bond donors (Lipinski definition) is 0. The Bertz CT molecular complexity index is 2260. The maximum atomic E-state index is 14.2. The van der Waals surface area contributed by atoms with Crippen LogP contribution in [0.5, 0.6) is 23.0 Å². The first kappa shape index (κ1) is 35.9. The third kappa shape index (κ3) is 7.62. The summed E-state index contributed by atoms with van der Waals surface area (Å²) in [4.78, 5) is 65.6. The quantitative estimate of drug-likeness (QED) is 0.108. The maximum Gasteiger partial charge on any atom is 0.343 e. The van der Waals surface area contributed by atoms with E-state index in [4.69, 9.17) is 18.9 Å². The molecule has 0 N–H and O–H groups in total. The predicted molar refractivity (Wildman–Crippen MR) is 182 cm³/mol. The van der Waals surface area contributed by atoms with Gasteiger partial charge in [0.05, 0.1) is 58.1 Å². The fourth-order valence-corrected chi connectivity index (χ4v) is 6.22. The molecule has 0 fully saturated rings. The maximum absolute atomic E-state index is 14.2. The molecule has 2 heterocycles. The first-order valence-corrected chi connectivity index (χ1v) is 16.1. The van der Waals surface area contributed by atoms with Crippen LogP contribution < -0.4 is 29.1 Å². The summed E-state index contributed by atoms with van der Waals surface area (Å²) in [5.41, 5.74) is -0.346. The number of allylic oxidation sites excluding steroid dienone is 1. The van der Waals surface area contributed by atoms with Crippen LogP contribution in [-0.4, -0.2) is 53.3 Å². The molecule has 0 radical (unpaired) electrons. The largest absolute Gasteiger partial charge is 0.490 e. The molecule has 0 saturated heterocycles. The molecule has 0 spiro atoms. The van der Waals surface area contributed by atoms with Gasteiger partial charge < -0.3 is 23.7 Å². The van der Waals surface area contributed by atoms with Crippen LogP contribution in [0.1, 0.15) is 37.9 Å².